The number of aryl methyl sites for hydroxylation is 1. The first-order chi connectivity index (χ1) is 11.6. The van der Waals surface area contributed by atoms with Gasteiger partial charge in [-0.25, -0.2) is 10.4 Å². The van der Waals surface area contributed by atoms with Crippen LogP contribution >= 0.6 is 23.1 Å². The molecule has 2 N–H and O–H groups in total. The van der Waals surface area contributed by atoms with Crippen LogP contribution in [-0.2, 0) is 4.79 Å². The molecule has 0 aliphatic heterocycles. The van der Waals surface area contributed by atoms with Gasteiger partial charge in [-0.2, -0.15) is 5.10 Å². The first kappa shape index (κ1) is 16.5. The summed E-state index contributed by atoms with van der Waals surface area (Å²) in [7, 11) is 0. The van der Waals surface area contributed by atoms with Crippen molar-refractivity contribution < 1.29 is 9.90 Å². The molecule has 0 saturated carbocycles. The fourth-order valence-electron chi connectivity index (χ4n) is 2.02. The number of benzene rings is 2. The van der Waals surface area contributed by atoms with Crippen molar-refractivity contribution in [2.75, 3.05) is 5.75 Å². The molecule has 0 bridgehead atoms. The number of hydrazone groups is 1. The zero-order valence-corrected chi connectivity index (χ0v) is 14.5. The molecule has 7 heteroatoms. The average molecular weight is 357 g/mol. The minimum absolute atomic E-state index is 0.127. The number of carbonyl (C=O) groups excluding carboxylic acids is 1. The first-order valence-corrected chi connectivity index (χ1v) is 9.02. The Morgan fingerprint density at radius 1 is 1.38 bits per heavy atom. The van der Waals surface area contributed by atoms with E-state index >= 15 is 0 Å². The average Bonchev–Trinajstić information content (AvgIpc) is 2.99. The van der Waals surface area contributed by atoms with Gasteiger partial charge in [0.15, 0.2) is 4.34 Å². The number of hydrogen-bond donors (Lipinski definition) is 2. The van der Waals surface area contributed by atoms with E-state index < -0.39 is 0 Å². The number of aromatic nitrogens is 1. The number of phenolic OH excluding ortho intramolecular Hbond substituents is 1. The predicted molar refractivity (Wildman–Crippen MR) is 98.9 cm³/mol. The van der Waals surface area contributed by atoms with Crippen molar-refractivity contribution in [2.45, 2.75) is 11.3 Å². The highest BCUT2D eigenvalue weighted by Crippen LogP contribution is 2.28. The number of phenols is 1. The monoisotopic (exact) mass is 357 g/mol. The van der Waals surface area contributed by atoms with Crippen molar-refractivity contribution in [3.05, 3.63) is 53.6 Å². The molecule has 0 radical (unpaired) electrons. The third-order valence-corrected chi connectivity index (χ3v) is 5.36. The molecule has 0 atom stereocenters. The number of thiazole rings is 1. The lowest BCUT2D eigenvalue weighted by Crippen LogP contribution is -2.19. The summed E-state index contributed by atoms with van der Waals surface area (Å²) in [6.45, 7) is 1.92. The van der Waals surface area contributed by atoms with Gasteiger partial charge in [0.25, 0.3) is 5.91 Å². The van der Waals surface area contributed by atoms with E-state index in [1.54, 1.807) is 29.5 Å². The van der Waals surface area contributed by atoms with Crippen LogP contribution in [0.15, 0.2) is 51.9 Å². The van der Waals surface area contributed by atoms with Crippen molar-refractivity contribution >= 4 is 45.4 Å². The number of carbonyl (C=O) groups is 1. The van der Waals surface area contributed by atoms with Crippen LogP contribution in [0.1, 0.15) is 11.1 Å². The van der Waals surface area contributed by atoms with Gasteiger partial charge in [-0.05, 0) is 31.2 Å². The van der Waals surface area contributed by atoms with Gasteiger partial charge in [0.05, 0.1) is 22.2 Å². The van der Waals surface area contributed by atoms with Crippen LogP contribution in [0.4, 0.5) is 0 Å². The summed E-state index contributed by atoms with van der Waals surface area (Å²) in [5, 5.41) is 13.6. The minimum atomic E-state index is -0.220. The summed E-state index contributed by atoms with van der Waals surface area (Å²) in [6.07, 6.45) is 1.43. The van der Waals surface area contributed by atoms with Crippen molar-refractivity contribution in [2.24, 2.45) is 5.10 Å². The highest BCUT2D eigenvalue weighted by atomic mass is 32.2. The SMILES string of the molecule is Cc1ccc(O)c(/C=N/NC(=O)CSc2nc3ccccc3s2)c1. The molecule has 122 valence electrons. The zero-order chi connectivity index (χ0) is 16.9. The highest BCUT2D eigenvalue weighted by molar-refractivity contribution is 8.01. The maximum absolute atomic E-state index is 11.8. The van der Waals surface area contributed by atoms with Gasteiger partial charge >= 0.3 is 0 Å². The van der Waals surface area contributed by atoms with Gasteiger partial charge in [0.1, 0.15) is 5.75 Å². The lowest BCUT2D eigenvalue weighted by Gasteiger charge is -2.00. The fraction of sp³-hybridized carbons (Fsp3) is 0.118. The second-order valence-electron chi connectivity index (χ2n) is 5.09. The first-order valence-electron chi connectivity index (χ1n) is 7.22. The van der Waals surface area contributed by atoms with Crippen LogP contribution in [0, 0.1) is 6.92 Å². The molecule has 0 unspecified atom stereocenters. The van der Waals surface area contributed by atoms with E-state index in [1.807, 2.05) is 31.2 Å². The molecule has 1 heterocycles. The summed E-state index contributed by atoms with van der Waals surface area (Å²) < 4.78 is 1.96. The summed E-state index contributed by atoms with van der Waals surface area (Å²) >= 11 is 2.94. The van der Waals surface area contributed by atoms with E-state index in [9.17, 15) is 9.90 Å². The number of para-hydroxylation sites is 1. The number of rotatable bonds is 5. The molecule has 5 nitrogen and oxygen atoms in total. The number of thioether (sulfide) groups is 1. The topological polar surface area (TPSA) is 74.6 Å². The van der Waals surface area contributed by atoms with E-state index in [4.69, 9.17) is 0 Å². The zero-order valence-electron chi connectivity index (χ0n) is 12.9. The molecule has 0 aliphatic carbocycles. The highest BCUT2D eigenvalue weighted by Gasteiger charge is 2.07. The smallest absolute Gasteiger partial charge is 0.250 e. The van der Waals surface area contributed by atoms with Crippen LogP contribution in [0.5, 0.6) is 5.75 Å². The summed E-state index contributed by atoms with van der Waals surface area (Å²) in [5.41, 5.74) is 4.97. The lowest BCUT2D eigenvalue weighted by molar-refractivity contribution is -0.118. The molecule has 1 amide bonds. The largest absolute Gasteiger partial charge is 0.507 e. The van der Waals surface area contributed by atoms with Crippen LogP contribution in [0.3, 0.4) is 0 Å². The standard InChI is InChI=1S/C17H15N3O2S2/c1-11-6-7-14(21)12(8-11)9-18-20-16(22)10-23-17-19-13-4-2-3-5-15(13)24-17/h2-9,21H,10H2,1H3,(H,20,22)/b18-9+. The molecule has 0 saturated heterocycles. The maximum atomic E-state index is 11.8. The van der Waals surface area contributed by atoms with Crippen molar-refractivity contribution in [1.82, 2.24) is 10.4 Å². The maximum Gasteiger partial charge on any atom is 0.250 e. The van der Waals surface area contributed by atoms with Gasteiger partial charge in [0, 0.05) is 5.56 Å². The molecule has 3 rings (SSSR count). The summed E-state index contributed by atoms with van der Waals surface area (Å²) in [4.78, 5) is 16.3. The third-order valence-electron chi connectivity index (χ3n) is 3.18. The second kappa shape index (κ2) is 7.46. The number of aromatic hydroxyl groups is 1. The fourth-order valence-corrected chi connectivity index (χ4v) is 3.88. The van der Waals surface area contributed by atoms with Crippen LogP contribution in [0.25, 0.3) is 10.2 Å². The van der Waals surface area contributed by atoms with Gasteiger partial charge in [-0.15, -0.1) is 11.3 Å². The van der Waals surface area contributed by atoms with Crippen molar-refractivity contribution in [1.29, 1.82) is 0 Å². The van der Waals surface area contributed by atoms with Gasteiger partial charge in [-0.3, -0.25) is 4.79 Å². The third kappa shape index (κ3) is 4.12. The normalized spacial score (nSPS) is 11.2. The van der Waals surface area contributed by atoms with Gasteiger partial charge in [0.2, 0.25) is 0 Å². The quantitative estimate of drug-likeness (QED) is 0.416. The van der Waals surface area contributed by atoms with Crippen molar-refractivity contribution in [3.8, 4) is 5.75 Å². The lowest BCUT2D eigenvalue weighted by atomic mass is 10.1. The summed E-state index contributed by atoms with van der Waals surface area (Å²) in [6, 6.07) is 13.1. The Labute approximate surface area is 147 Å². The number of hydrogen-bond acceptors (Lipinski definition) is 6. The number of nitrogens with zero attached hydrogens (tertiary/aromatic N) is 2. The van der Waals surface area contributed by atoms with Crippen LogP contribution in [0.2, 0.25) is 0 Å². The Balaban J connectivity index is 1.54. The van der Waals surface area contributed by atoms with E-state index in [0.29, 0.717) is 5.56 Å². The Morgan fingerprint density at radius 3 is 3.04 bits per heavy atom. The number of amides is 1. The number of fused-ring (bicyclic) bond motifs is 1. The second-order valence-corrected chi connectivity index (χ2v) is 7.34. The van der Waals surface area contributed by atoms with Crippen LogP contribution < -0.4 is 5.43 Å². The molecule has 1 aromatic heterocycles. The minimum Gasteiger partial charge on any atom is -0.507 e. The van der Waals surface area contributed by atoms with Gasteiger partial charge < -0.3 is 5.11 Å². The molecule has 2 aromatic carbocycles. The molecule has 0 fully saturated rings. The van der Waals surface area contributed by atoms with E-state index in [1.165, 1.54) is 18.0 Å². The van der Waals surface area contributed by atoms with Gasteiger partial charge in [-0.1, -0.05) is 35.5 Å². The Bertz CT molecular complexity index is 873. The molecule has 0 spiro atoms. The van der Waals surface area contributed by atoms with E-state index in [2.05, 4.69) is 15.5 Å². The van der Waals surface area contributed by atoms with E-state index in [0.717, 1.165) is 20.1 Å². The molecule has 3 aromatic rings. The Morgan fingerprint density at radius 2 is 2.21 bits per heavy atom. The van der Waals surface area contributed by atoms with Crippen molar-refractivity contribution in [3.63, 3.8) is 0 Å². The molecule has 24 heavy (non-hydrogen) atoms. The number of nitrogens with one attached hydrogen (secondary N) is 1. The van der Waals surface area contributed by atoms with E-state index in [-0.39, 0.29) is 17.4 Å². The summed E-state index contributed by atoms with van der Waals surface area (Å²) in [5.74, 6) is 0.141. The molecule has 0 aliphatic rings. The predicted octanol–water partition coefficient (Wildman–Crippen LogP) is 3.55. The molecular weight excluding hydrogens is 342 g/mol. The van der Waals surface area contributed by atoms with Crippen LogP contribution in [-0.4, -0.2) is 28.0 Å². The molecular formula is C17H15N3O2S2. The Kier molecular flexibility index (Phi) is 5.12. The Hall–Kier alpha value is -2.38.